The highest BCUT2D eigenvalue weighted by Gasteiger charge is 2.03. The van der Waals surface area contributed by atoms with Crippen molar-refractivity contribution in [1.82, 2.24) is 4.98 Å². The first-order valence-corrected chi connectivity index (χ1v) is 6.32. The average molecular weight is 273 g/mol. The van der Waals surface area contributed by atoms with Gasteiger partial charge in [0, 0.05) is 34.6 Å². The van der Waals surface area contributed by atoms with E-state index in [1.54, 1.807) is 17.4 Å². The lowest BCUT2D eigenvalue weighted by Gasteiger charge is -2.00. The van der Waals surface area contributed by atoms with E-state index in [2.05, 4.69) is 10.3 Å². The van der Waals surface area contributed by atoms with Crippen LogP contribution in [0.15, 0.2) is 24.4 Å². The van der Waals surface area contributed by atoms with Gasteiger partial charge in [-0.25, -0.2) is 4.98 Å². The summed E-state index contributed by atoms with van der Waals surface area (Å²) in [7, 11) is 1.86. The molecule has 0 unspecified atom stereocenters. The first kappa shape index (κ1) is 11.7. The van der Waals surface area contributed by atoms with Crippen LogP contribution in [0.5, 0.6) is 0 Å². The highest BCUT2D eigenvalue weighted by atomic mass is 35.5. The Morgan fingerprint density at radius 2 is 1.94 bits per heavy atom. The van der Waals surface area contributed by atoms with Crippen LogP contribution in [-0.2, 0) is 6.42 Å². The second-order valence-electron chi connectivity index (χ2n) is 3.34. The van der Waals surface area contributed by atoms with Crippen molar-refractivity contribution >= 4 is 39.7 Å². The molecule has 0 amide bonds. The Balaban J connectivity index is 2.19. The van der Waals surface area contributed by atoms with Gasteiger partial charge in [-0.05, 0) is 23.8 Å². The van der Waals surface area contributed by atoms with E-state index in [0.717, 1.165) is 17.1 Å². The minimum atomic E-state index is 0.667. The topological polar surface area (TPSA) is 24.9 Å². The predicted molar refractivity (Wildman–Crippen MR) is 70.9 cm³/mol. The molecule has 2 rings (SSSR count). The maximum absolute atomic E-state index is 5.94. The van der Waals surface area contributed by atoms with E-state index in [1.807, 2.05) is 25.4 Å². The zero-order valence-electron chi connectivity index (χ0n) is 8.63. The van der Waals surface area contributed by atoms with E-state index in [-0.39, 0.29) is 0 Å². The van der Waals surface area contributed by atoms with Gasteiger partial charge in [0.1, 0.15) is 0 Å². The number of hydrogen-bond acceptors (Lipinski definition) is 3. The van der Waals surface area contributed by atoms with Crippen LogP contribution in [0.2, 0.25) is 10.0 Å². The Morgan fingerprint density at radius 3 is 2.50 bits per heavy atom. The molecule has 0 aliphatic carbocycles. The van der Waals surface area contributed by atoms with Crippen molar-refractivity contribution in [2.24, 2.45) is 0 Å². The van der Waals surface area contributed by atoms with Gasteiger partial charge in [-0.1, -0.05) is 23.2 Å². The van der Waals surface area contributed by atoms with Crippen LogP contribution < -0.4 is 5.32 Å². The molecule has 2 aromatic rings. The van der Waals surface area contributed by atoms with E-state index in [9.17, 15) is 0 Å². The number of thiazole rings is 1. The van der Waals surface area contributed by atoms with Gasteiger partial charge in [-0.15, -0.1) is 11.3 Å². The molecule has 0 aliphatic rings. The highest BCUT2D eigenvalue weighted by Crippen LogP contribution is 2.24. The summed E-state index contributed by atoms with van der Waals surface area (Å²) in [5.41, 5.74) is 1.10. The van der Waals surface area contributed by atoms with Crippen LogP contribution >= 0.6 is 34.5 Å². The molecule has 1 aromatic carbocycles. The van der Waals surface area contributed by atoms with Gasteiger partial charge in [0.05, 0.1) is 0 Å². The van der Waals surface area contributed by atoms with Crippen molar-refractivity contribution < 1.29 is 0 Å². The fourth-order valence-corrected chi connectivity index (χ4v) is 2.79. The molecule has 0 saturated heterocycles. The summed E-state index contributed by atoms with van der Waals surface area (Å²) >= 11 is 13.5. The summed E-state index contributed by atoms with van der Waals surface area (Å²) in [6.45, 7) is 0. The van der Waals surface area contributed by atoms with Crippen LogP contribution in [0.25, 0.3) is 0 Å². The molecule has 16 heavy (non-hydrogen) atoms. The molecule has 2 nitrogen and oxygen atoms in total. The lowest BCUT2D eigenvalue weighted by atomic mass is 10.1. The van der Waals surface area contributed by atoms with E-state index in [4.69, 9.17) is 23.2 Å². The predicted octanol–water partition coefficient (Wildman–Crippen LogP) is 4.08. The largest absolute Gasteiger partial charge is 0.365 e. The smallest absolute Gasteiger partial charge is 0.182 e. The quantitative estimate of drug-likeness (QED) is 0.911. The summed E-state index contributed by atoms with van der Waals surface area (Å²) in [6.07, 6.45) is 2.67. The lowest BCUT2D eigenvalue weighted by molar-refractivity contribution is 1.22. The molecule has 0 aliphatic heterocycles. The summed E-state index contributed by atoms with van der Waals surface area (Å²) < 4.78 is 0. The third kappa shape index (κ3) is 2.88. The molecule has 0 radical (unpaired) electrons. The van der Waals surface area contributed by atoms with Crippen molar-refractivity contribution in [2.45, 2.75) is 6.42 Å². The van der Waals surface area contributed by atoms with Crippen molar-refractivity contribution in [2.75, 3.05) is 12.4 Å². The SMILES string of the molecule is CNc1ncc(Cc2cc(Cl)cc(Cl)c2)s1. The Bertz CT molecular complexity index is 476. The molecule has 1 aromatic heterocycles. The number of aromatic nitrogens is 1. The normalized spacial score (nSPS) is 10.4. The summed E-state index contributed by atoms with van der Waals surface area (Å²) in [5.74, 6) is 0. The Labute approximate surface area is 108 Å². The second kappa shape index (κ2) is 5.04. The monoisotopic (exact) mass is 272 g/mol. The molecule has 84 valence electrons. The minimum Gasteiger partial charge on any atom is -0.365 e. The van der Waals surface area contributed by atoms with Crippen LogP contribution in [0, 0.1) is 0 Å². The Kier molecular flexibility index (Phi) is 3.69. The standard InChI is InChI=1S/C11H10Cl2N2S/c1-14-11-15-6-10(16-11)4-7-2-8(12)5-9(13)3-7/h2-3,5-6H,4H2,1H3,(H,14,15). The van der Waals surface area contributed by atoms with Gasteiger partial charge >= 0.3 is 0 Å². The molecule has 0 saturated carbocycles. The molecule has 0 fully saturated rings. The van der Waals surface area contributed by atoms with Crippen LogP contribution in [0.3, 0.4) is 0 Å². The van der Waals surface area contributed by atoms with Gasteiger partial charge in [0.25, 0.3) is 0 Å². The van der Waals surface area contributed by atoms with E-state index in [1.165, 1.54) is 4.88 Å². The minimum absolute atomic E-state index is 0.667. The average Bonchev–Trinajstić information content (AvgIpc) is 2.64. The fourth-order valence-electron chi connectivity index (χ4n) is 1.42. The summed E-state index contributed by atoms with van der Waals surface area (Å²) in [6, 6.07) is 5.58. The number of hydrogen-bond donors (Lipinski definition) is 1. The van der Waals surface area contributed by atoms with E-state index < -0.39 is 0 Å². The molecular formula is C11H10Cl2N2S. The number of rotatable bonds is 3. The number of anilines is 1. The van der Waals surface area contributed by atoms with Crippen molar-refractivity contribution in [3.8, 4) is 0 Å². The van der Waals surface area contributed by atoms with Crippen LogP contribution in [-0.4, -0.2) is 12.0 Å². The van der Waals surface area contributed by atoms with Crippen molar-refractivity contribution in [3.63, 3.8) is 0 Å². The van der Waals surface area contributed by atoms with Gasteiger partial charge in [-0.2, -0.15) is 0 Å². The molecule has 5 heteroatoms. The van der Waals surface area contributed by atoms with E-state index in [0.29, 0.717) is 10.0 Å². The van der Waals surface area contributed by atoms with E-state index >= 15 is 0 Å². The second-order valence-corrected chi connectivity index (χ2v) is 5.32. The molecule has 1 N–H and O–H groups in total. The third-order valence-electron chi connectivity index (χ3n) is 2.07. The van der Waals surface area contributed by atoms with Gasteiger partial charge in [0.15, 0.2) is 5.13 Å². The molecule has 1 heterocycles. The number of nitrogens with one attached hydrogen (secondary N) is 1. The molecule has 0 bridgehead atoms. The lowest BCUT2D eigenvalue weighted by Crippen LogP contribution is -1.84. The summed E-state index contributed by atoms with van der Waals surface area (Å²) in [5, 5.41) is 5.27. The molecule has 0 atom stereocenters. The highest BCUT2D eigenvalue weighted by molar-refractivity contribution is 7.15. The Hall–Kier alpha value is -0.770. The number of benzene rings is 1. The third-order valence-corrected chi connectivity index (χ3v) is 3.52. The summed E-state index contributed by atoms with van der Waals surface area (Å²) in [4.78, 5) is 5.40. The fraction of sp³-hybridized carbons (Fsp3) is 0.182. The first-order chi connectivity index (χ1) is 7.67. The van der Waals surface area contributed by atoms with Crippen molar-refractivity contribution in [1.29, 1.82) is 0 Å². The van der Waals surface area contributed by atoms with Crippen LogP contribution in [0.4, 0.5) is 5.13 Å². The number of halogens is 2. The zero-order valence-corrected chi connectivity index (χ0v) is 11.0. The van der Waals surface area contributed by atoms with Gasteiger partial charge in [0.2, 0.25) is 0 Å². The van der Waals surface area contributed by atoms with Gasteiger partial charge < -0.3 is 5.32 Å². The Morgan fingerprint density at radius 1 is 1.25 bits per heavy atom. The molecule has 0 spiro atoms. The maximum atomic E-state index is 5.94. The number of nitrogens with zero attached hydrogens (tertiary/aromatic N) is 1. The van der Waals surface area contributed by atoms with Crippen LogP contribution in [0.1, 0.15) is 10.4 Å². The first-order valence-electron chi connectivity index (χ1n) is 4.75. The van der Waals surface area contributed by atoms with Crippen molar-refractivity contribution in [3.05, 3.63) is 44.9 Å². The zero-order chi connectivity index (χ0) is 11.5. The van der Waals surface area contributed by atoms with Gasteiger partial charge in [-0.3, -0.25) is 0 Å². The molecular weight excluding hydrogens is 263 g/mol. The maximum Gasteiger partial charge on any atom is 0.182 e.